The predicted octanol–water partition coefficient (Wildman–Crippen LogP) is 3.89. The summed E-state index contributed by atoms with van der Waals surface area (Å²) >= 11 is 5.88. The number of hydrogen-bond donors (Lipinski definition) is 1. The summed E-state index contributed by atoms with van der Waals surface area (Å²) in [4.78, 5) is 6.79. The number of nitrogens with zero attached hydrogens (tertiary/aromatic N) is 3. The fourth-order valence-corrected chi connectivity index (χ4v) is 3.47. The first-order valence-corrected chi connectivity index (χ1v) is 9.79. The maximum atomic E-state index is 5.88. The molecule has 1 aliphatic heterocycles. The first kappa shape index (κ1) is 18.9. The van der Waals surface area contributed by atoms with Crippen LogP contribution in [0.5, 0.6) is 0 Å². The van der Waals surface area contributed by atoms with Crippen LogP contribution in [0.2, 0.25) is 5.02 Å². The highest BCUT2D eigenvalue weighted by atomic mass is 35.5. The third kappa shape index (κ3) is 4.52. The average molecular weight is 399 g/mol. The fraction of sp³-hybridized carbons (Fsp3) is 0.333. The van der Waals surface area contributed by atoms with E-state index in [4.69, 9.17) is 26.6 Å². The van der Waals surface area contributed by atoms with Crippen LogP contribution >= 0.6 is 11.6 Å². The van der Waals surface area contributed by atoms with Crippen molar-refractivity contribution in [3.63, 3.8) is 0 Å². The zero-order chi connectivity index (χ0) is 19.3. The molecule has 2 N–H and O–H groups in total. The minimum Gasteiger partial charge on any atom is -0.371 e. The number of benzene rings is 2. The van der Waals surface area contributed by atoms with Crippen molar-refractivity contribution in [3.05, 3.63) is 65.0 Å². The number of halogens is 1. The smallest absolute Gasteiger partial charge is 0.252 e. The lowest BCUT2D eigenvalue weighted by Crippen LogP contribution is -2.22. The maximum Gasteiger partial charge on any atom is 0.252 e. The number of hydrogen-bond acceptors (Lipinski definition) is 6. The van der Waals surface area contributed by atoms with E-state index in [1.54, 1.807) is 0 Å². The van der Waals surface area contributed by atoms with Gasteiger partial charge in [0.1, 0.15) is 6.61 Å². The Bertz CT molecular complexity index is 896. The number of anilines is 1. The average Bonchev–Trinajstić information content (AvgIpc) is 3.39. The fourth-order valence-electron chi connectivity index (χ4n) is 3.35. The summed E-state index contributed by atoms with van der Waals surface area (Å²) in [7, 11) is 0. The van der Waals surface area contributed by atoms with Gasteiger partial charge in [-0.15, -0.1) is 0 Å². The molecule has 1 fully saturated rings. The Kier molecular flexibility index (Phi) is 5.90. The Morgan fingerprint density at radius 1 is 1.11 bits per heavy atom. The third-order valence-electron chi connectivity index (χ3n) is 4.99. The second kappa shape index (κ2) is 8.73. The zero-order valence-electron chi connectivity index (χ0n) is 15.6. The highest BCUT2D eigenvalue weighted by Gasteiger charge is 2.21. The lowest BCUT2D eigenvalue weighted by Gasteiger charge is -2.18. The first-order valence-electron chi connectivity index (χ1n) is 9.41. The van der Waals surface area contributed by atoms with Gasteiger partial charge in [-0.2, -0.15) is 4.98 Å². The van der Waals surface area contributed by atoms with Crippen LogP contribution < -0.4 is 10.6 Å². The highest BCUT2D eigenvalue weighted by molar-refractivity contribution is 6.30. The second-order valence-electron chi connectivity index (χ2n) is 7.01. The van der Waals surface area contributed by atoms with Crippen LogP contribution in [-0.4, -0.2) is 29.8 Å². The van der Waals surface area contributed by atoms with Gasteiger partial charge in [0.25, 0.3) is 5.89 Å². The van der Waals surface area contributed by atoms with Crippen LogP contribution in [0.15, 0.2) is 53.1 Å². The van der Waals surface area contributed by atoms with Gasteiger partial charge in [-0.1, -0.05) is 28.9 Å². The number of rotatable bonds is 7. The molecule has 2 heterocycles. The van der Waals surface area contributed by atoms with Crippen molar-refractivity contribution in [3.8, 4) is 11.4 Å². The molecule has 4 rings (SSSR count). The number of nitrogens with two attached hydrogens (primary N) is 1. The zero-order valence-corrected chi connectivity index (χ0v) is 16.3. The minimum atomic E-state index is 0.266. The van der Waals surface area contributed by atoms with Crippen LogP contribution in [0.1, 0.15) is 17.9 Å². The first-order chi connectivity index (χ1) is 13.7. The number of aromatic nitrogens is 2. The standard InChI is InChI=1S/C21H23ClN4O2/c22-18-5-1-15(2-6-18)13-27-14-20-24-21(25-28-20)17-3-7-19(8-4-17)26-10-9-16(11-23)12-26/h1-8,16H,9-14,23H2/t16-/m1/s1. The van der Waals surface area contributed by atoms with Gasteiger partial charge >= 0.3 is 0 Å². The molecule has 0 radical (unpaired) electrons. The van der Waals surface area contributed by atoms with Crippen molar-refractivity contribution in [1.82, 2.24) is 10.1 Å². The van der Waals surface area contributed by atoms with E-state index in [-0.39, 0.29) is 6.61 Å². The maximum absolute atomic E-state index is 5.88. The van der Waals surface area contributed by atoms with Crippen molar-refractivity contribution in [2.24, 2.45) is 11.7 Å². The molecule has 1 saturated heterocycles. The molecule has 2 aromatic carbocycles. The summed E-state index contributed by atoms with van der Waals surface area (Å²) in [5.74, 6) is 1.61. The SMILES string of the molecule is NC[C@H]1CCN(c2ccc(-c3noc(COCc4ccc(Cl)cc4)n3)cc2)C1. The summed E-state index contributed by atoms with van der Waals surface area (Å²) in [5.41, 5.74) is 8.95. The largest absolute Gasteiger partial charge is 0.371 e. The third-order valence-corrected chi connectivity index (χ3v) is 5.24. The van der Waals surface area contributed by atoms with E-state index in [1.807, 2.05) is 36.4 Å². The van der Waals surface area contributed by atoms with Crippen molar-refractivity contribution in [1.29, 1.82) is 0 Å². The molecule has 0 unspecified atom stereocenters. The molecule has 146 valence electrons. The predicted molar refractivity (Wildman–Crippen MR) is 109 cm³/mol. The van der Waals surface area contributed by atoms with Gasteiger partial charge in [0.05, 0.1) is 6.61 Å². The Morgan fingerprint density at radius 3 is 2.61 bits per heavy atom. The van der Waals surface area contributed by atoms with Gasteiger partial charge in [-0.25, -0.2) is 0 Å². The summed E-state index contributed by atoms with van der Waals surface area (Å²) in [6.45, 7) is 3.55. The van der Waals surface area contributed by atoms with E-state index < -0.39 is 0 Å². The molecule has 0 bridgehead atoms. The van der Waals surface area contributed by atoms with Gasteiger partial charge < -0.3 is 19.9 Å². The molecule has 1 aliphatic rings. The Balaban J connectivity index is 1.33. The normalized spacial score (nSPS) is 16.6. The van der Waals surface area contributed by atoms with E-state index in [9.17, 15) is 0 Å². The van der Waals surface area contributed by atoms with Gasteiger partial charge in [-0.3, -0.25) is 0 Å². The molecule has 1 atom stereocenters. The van der Waals surface area contributed by atoms with Gasteiger partial charge in [0.15, 0.2) is 0 Å². The Hall–Kier alpha value is -2.41. The quantitative estimate of drug-likeness (QED) is 0.650. The Labute approximate surface area is 169 Å². The lowest BCUT2D eigenvalue weighted by molar-refractivity contribution is 0.0850. The van der Waals surface area contributed by atoms with Crippen molar-refractivity contribution in [2.45, 2.75) is 19.6 Å². The lowest BCUT2D eigenvalue weighted by atomic mass is 10.1. The number of ether oxygens (including phenoxy) is 1. The monoisotopic (exact) mass is 398 g/mol. The van der Waals surface area contributed by atoms with Crippen LogP contribution in [0.25, 0.3) is 11.4 Å². The summed E-state index contributed by atoms with van der Waals surface area (Å²) in [6, 6.07) is 15.8. The van der Waals surface area contributed by atoms with Crippen LogP contribution in [-0.2, 0) is 18.0 Å². The van der Waals surface area contributed by atoms with Crippen LogP contribution in [0.4, 0.5) is 5.69 Å². The van der Waals surface area contributed by atoms with E-state index >= 15 is 0 Å². The summed E-state index contributed by atoms with van der Waals surface area (Å²) in [5, 5.41) is 4.77. The molecule has 28 heavy (non-hydrogen) atoms. The molecule has 0 spiro atoms. The molecule has 0 amide bonds. The summed E-state index contributed by atoms with van der Waals surface area (Å²) in [6.07, 6.45) is 1.16. The van der Waals surface area contributed by atoms with E-state index in [0.29, 0.717) is 29.3 Å². The topological polar surface area (TPSA) is 77.4 Å². The molecule has 0 aliphatic carbocycles. The molecular formula is C21H23ClN4O2. The molecule has 3 aromatic rings. The van der Waals surface area contributed by atoms with Gasteiger partial charge in [-0.05, 0) is 60.8 Å². The van der Waals surface area contributed by atoms with Crippen molar-refractivity contribution < 1.29 is 9.26 Å². The van der Waals surface area contributed by atoms with Crippen LogP contribution in [0, 0.1) is 5.92 Å². The minimum absolute atomic E-state index is 0.266. The van der Waals surface area contributed by atoms with E-state index in [0.717, 1.165) is 37.2 Å². The van der Waals surface area contributed by atoms with Crippen molar-refractivity contribution >= 4 is 17.3 Å². The van der Waals surface area contributed by atoms with Crippen LogP contribution in [0.3, 0.4) is 0 Å². The molecule has 6 nitrogen and oxygen atoms in total. The molecular weight excluding hydrogens is 376 g/mol. The van der Waals surface area contributed by atoms with Crippen molar-refractivity contribution in [2.75, 3.05) is 24.5 Å². The summed E-state index contributed by atoms with van der Waals surface area (Å²) < 4.78 is 10.9. The second-order valence-corrected chi connectivity index (χ2v) is 7.45. The molecule has 1 aromatic heterocycles. The molecule has 0 saturated carbocycles. The Morgan fingerprint density at radius 2 is 1.89 bits per heavy atom. The highest BCUT2D eigenvalue weighted by Crippen LogP contribution is 2.26. The van der Waals surface area contributed by atoms with Gasteiger partial charge in [0.2, 0.25) is 5.82 Å². The van der Waals surface area contributed by atoms with E-state index in [1.165, 1.54) is 5.69 Å². The van der Waals surface area contributed by atoms with E-state index in [2.05, 4.69) is 27.2 Å². The van der Waals surface area contributed by atoms with Gasteiger partial charge in [0, 0.05) is 29.4 Å². The molecule has 7 heteroatoms.